The van der Waals surface area contributed by atoms with Crippen molar-refractivity contribution in [3.8, 4) is 0 Å². The minimum atomic E-state index is -4.11. The lowest BCUT2D eigenvalue weighted by molar-refractivity contribution is -0.140. The first-order valence-electron chi connectivity index (χ1n) is 9.61. The molecule has 3 aromatic carbocycles. The molecule has 0 spiro atoms. The number of anilines is 1. The average molecular weight is 436 g/mol. The van der Waals surface area contributed by atoms with Crippen LogP contribution < -0.4 is 10.0 Å². The zero-order valence-electron chi connectivity index (χ0n) is 16.4. The van der Waals surface area contributed by atoms with Gasteiger partial charge in [-0.3, -0.25) is 9.59 Å². The second-order valence-electron chi connectivity index (χ2n) is 7.39. The van der Waals surface area contributed by atoms with Crippen LogP contribution in [0.4, 0.5) is 5.69 Å². The fourth-order valence-electron chi connectivity index (χ4n) is 3.55. The van der Waals surface area contributed by atoms with Gasteiger partial charge in [0.15, 0.2) is 0 Å². The van der Waals surface area contributed by atoms with E-state index < -0.39 is 27.4 Å². The third kappa shape index (κ3) is 4.21. The number of sulfonamides is 1. The third-order valence-electron chi connectivity index (χ3n) is 5.32. The van der Waals surface area contributed by atoms with E-state index in [2.05, 4.69) is 10.0 Å². The Balaban J connectivity index is 1.51. The van der Waals surface area contributed by atoms with Crippen LogP contribution in [0.1, 0.15) is 28.3 Å². The Kier molecular flexibility index (Phi) is 5.34. The van der Waals surface area contributed by atoms with Crippen molar-refractivity contribution in [3.63, 3.8) is 0 Å². The van der Waals surface area contributed by atoms with Crippen molar-refractivity contribution in [2.45, 2.75) is 22.8 Å². The topological polar surface area (TPSA) is 113 Å². The first-order valence-corrected chi connectivity index (χ1v) is 11.1. The summed E-state index contributed by atoms with van der Waals surface area (Å²) in [7, 11) is -4.11. The van der Waals surface area contributed by atoms with E-state index in [9.17, 15) is 23.1 Å². The number of carboxylic acid groups (broad SMARTS) is 1. The molecule has 0 heterocycles. The molecule has 7 nitrogen and oxygen atoms in total. The molecule has 4 rings (SSSR count). The Labute approximate surface area is 179 Å². The van der Waals surface area contributed by atoms with E-state index >= 15 is 0 Å². The van der Waals surface area contributed by atoms with E-state index in [1.165, 1.54) is 24.3 Å². The minimum Gasteiger partial charge on any atom is -0.480 e. The fraction of sp³-hybridized carbons (Fsp3) is 0.130. The van der Waals surface area contributed by atoms with Gasteiger partial charge in [0.2, 0.25) is 10.0 Å². The van der Waals surface area contributed by atoms with Gasteiger partial charge in [-0.2, -0.15) is 4.72 Å². The van der Waals surface area contributed by atoms with Crippen molar-refractivity contribution in [3.05, 3.63) is 96.1 Å². The lowest BCUT2D eigenvalue weighted by Gasteiger charge is -2.16. The number of carboxylic acids is 1. The first kappa shape index (κ1) is 20.8. The van der Waals surface area contributed by atoms with Gasteiger partial charge in [-0.25, -0.2) is 8.42 Å². The maximum atomic E-state index is 12.9. The molecule has 1 saturated carbocycles. The Morgan fingerprint density at radius 2 is 1.45 bits per heavy atom. The van der Waals surface area contributed by atoms with Gasteiger partial charge in [0.05, 0.1) is 4.90 Å². The van der Waals surface area contributed by atoms with Crippen LogP contribution in [0.5, 0.6) is 0 Å². The van der Waals surface area contributed by atoms with Crippen molar-refractivity contribution in [2.24, 2.45) is 0 Å². The van der Waals surface area contributed by atoms with E-state index in [4.69, 9.17) is 0 Å². The molecule has 2 atom stereocenters. The molecule has 1 aliphatic rings. The van der Waals surface area contributed by atoms with Gasteiger partial charge in [0.25, 0.3) is 5.91 Å². The number of amides is 1. The summed E-state index contributed by atoms with van der Waals surface area (Å²) in [4.78, 5) is 24.2. The normalized spacial score (nSPS) is 20.1. The van der Waals surface area contributed by atoms with Gasteiger partial charge in [-0.1, -0.05) is 48.5 Å². The van der Waals surface area contributed by atoms with Crippen LogP contribution in [0, 0.1) is 0 Å². The summed E-state index contributed by atoms with van der Waals surface area (Å²) in [6.07, 6.45) is 0.170. The molecule has 0 unspecified atom stereocenters. The number of aliphatic carboxylic acids is 1. The summed E-state index contributed by atoms with van der Waals surface area (Å²) in [5.41, 5.74) is 0.0867. The highest BCUT2D eigenvalue weighted by atomic mass is 32.2. The van der Waals surface area contributed by atoms with Crippen LogP contribution in [0.2, 0.25) is 0 Å². The number of para-hydroxylation sites is 1. The number of hydrogen-bond donors (Lipinski definition) is 3. The molecule has 0 aromatic heterocycles. The van der Waals surface area contributed by atoms with Gasteiger partial charge in [0, 0.05) is 17.2 Å². The Hall–Kier alpha value is -3.49. The average Bonchev–Trinajstić information content (AvgIpc) is 3.50. The van der Waals surface area contributed by atoms with Gasteiger partial charge in [0.1, 0.15) is 5.54 Å². The van der Waals surface area contributed by atoms with Crippen LogP contribution in [-0.4, -0.2) is 30.9 Å². The van der Waals surface area contributed by atoms with E-state index in [1.54, 1.807) is 48.5 Å². The Morgan fingerprint density at radius 3 is 2.03 bits per heavy atom. The zero-order chi connectivity index (χ0) is 22.1. The van der Waals surface area contributed by atoms with Crippen LogP contribution in [0.25, 0.3) is 0 Å². The maximum Gasteiger partial charge on any atom is 0.325 e. The van der Waals surface area contributed by atoms with Crippen LogP contribution in [-0.2, 0) is 14.8 Å². The highest BCUT2D eigenvalue weighted by Gasteiger charge is 2.63. The Morgan fingerprint density at radius 1 is 0.871 bits per heavy atom. The number of rotatable bonds is 7. The van der Waals surface area contributed by atoms with Gasteiger partial charge < -0.3 is 10.4 Å². The second-order valence-corrected chi connectivity index (χ2v) is 9.08. The lowest BCUT2D eigenvalue weighted by atomic mass is 10.1. The summed E-state index contributed by atoms with van der Waals surface area (Å²) in [5.74, 6) is -2.04. The van der Waals surface area contributed by atoms with E-state index in [0.717, 1.165) is 5.56 Å². The number of carbonyl (C=O) groups excluding carboxylic acids is 1. The second kappa shape index (κ2) is 7.98. The summed E-state index contributed by atoms with van der Waals surface area (Å²) in [5, 5.41) is 12.4. The van der Waals surface area contributed by atoms with Crippen molar-refractivity contribution in [1.29, 1.82) is 0 Å². The molecular weight excluding hydrogens is 416 g/mol. The molecule has 8 heteroatoms. The number of nitrogens with one attached hydrogen (secondary N) is 2. The molecule has 0 aliphatic heterocycles. The van der Waals surface area contributed by atoms with Crippen LogP contribution in [0.3, 0.4) is 0 Å². The molecule has 1 aliphatic carbocycles. The molecular formula is C23H20N2O5S. The minimum absolute atomic E-state index is 0.108. The molecule has 3 N–H and O–H groups in total. The largest absolute Gasteiger partial charge is 0.480 e. The van der Waals surface area contributed by atoms with Gasteiger partial charge >= 0.3 is 5.97 Å². The van der Waals surface area contributed by atoms with E-state index in [-0.39, 0.29) is 22.8 Å². The molecule has 31 heavy (non-hydrogen) atoms. The standard InChI is InChI=1S/C23H20N2O5S/c26-21(24-18-9-5-2-6-10-18)17-11-13-19(14-12-17)31(29,30)25-23(22(27)28)15-20(23)16-7-3-1-4-8-16/h1-14,20,25H,15H2,(H,24,26)(H,27,28)/t20-,23-/m0/s1. The predicted molar refractivity (Wildman–Crippen MR) is 115 cm³/mol. The van der Waals surface area contributed by atoms with E-state index in [1.807, 2.05) is 12.1 Å². The lowest BCUT2D eigenvalue weighted by Crippen LogP contribution is -2.44. The summed E-state index contributed by atoms with van der Waals surface area (Å²) < 4.78 is 28.1. The molecule has 3 aromatic rings. The monoisotopic (exact) mass is 436 g/mol. The zero-order valence-corrected chi connectivity index (χ0v) is 17.2. The third-order valence-corrected chi connectivity index (χ3v) is 6.85. The quantitative estimate of drug-likeness (QED) is 0.526. The maximum absolute atomic E-state index is 12.9. The van der Waals surface area contributed by atoms with Gasteiger partial charge in [-0.05, 0) is 48.4 Å². The number of carbonyl (C=O) groups is 2. The molecule has 0 saturated heterocycles. The van der Waals surface area contributed by atoms with Crippen LogP contribution >= 0.6 is 0 Å². The van der Waals surface area contributed by atoms with Crippen molar-refractivity contribution in [2.75, 3.05) is 5.32 Å². The smallest absolute Gasteiger partial charge is 0.325 e. The molecule has 1 fully saturated rings. The summed E-state index contributed by atoms with van der Waals surface area (Å²) in [6.45, 7) is 0. The molecule has 0 bridgehead atoms. The molecule has 158 valence electrons. The van der Waals surface area contributed by atoms with Crippen molar-refractivity contribution < 1.29 is 23.1 Å². The fourth-order valence-corrected chi connectivity index (χ4v) is 4.96. The van der Waals surface area contributed by atoms with Gasteiger partial charge in [-0.15, -0.1) is 0 Å². The molecule has 1 amide bonds. The number of benzene rings is 3. The first-order chi connectivity index (χ1) is 14.8. The van der Waals surface area contributed by atoms with Crippen molar-refractivity contribution in [1.82, 2.24) is 4.72 Å². The molecule has 0 radical (unpaired) electrons. The summed E-state index contributed by atoms with van der Waals surface area (Å²) >= 11 is 0. The SMILES string of the molecule is O=C(Nc1ccccc1)c1ccc(S(=O)(=O)N[C@@]2(C(=O)O)C[C@H]2c2ccccc2)cc1. The van der Waals surface area contributed by atoms with Crippen molar-refractivity contribution >= 4 is 27.6 Å². The Bertz CT molecular complexity index is 1210. The number of hydrogen-bond acceptors (Lipinski definition) is 4. The highest BCUT2D eigenvalue weighted by molar-refractivity contribution is 7.89. The van der Waals surface area contributed by atoms with Crippen LogP contribution in [0.15, 0.2) is 89.8 Å². The summed E-state index contributed by atoms with van der Waals surface area (Å²) in [6, 6.07) is 23.2. The highest BCUT2D eigenvalue weighted by Crippen LogP contribution is 2.52. The van der Waals surface area contributed by atoms with E-state index in [0.29, 0.717) is 5.69 Å². The predicted octanol–water partition coefficient (Wildman–Crippen LogP) is 3.23.